The van der Waals surface area contributed by atoms with Crippen molar-refractivity contribution in [1.82, 2.24) is 4.90 Å². The zero-order valence-corrected chi connectivity index (χ0v) is 14.2. The van der Waals surface area contributed by atoms with Crippen LogP contribution in [0, 0.1) is 0 Å². The molecule has 2 aliphatic rings. The number of hydrogen-bond acceptors (Lipinski definition) is 4. The third-order valence-electron chi connectivity index (χ3n) is 4.85. The third-order valence-corrected chi connectivity index (χ3v) is 6.50. The first-order valence-electron chi connectivity index (χ1n) is 7.53. The van der Waals surface area contributed by atoms with E-state index in [9.17, 15) is 0 Å². The first-order chi connectivity index (χ1) is 9.71. The quantitative estimate of drug-likeness (QED) is 0.898. The molecule has 112 valence electrons. The molecule has 3 rings (SSSR count). The van der Waals surface area contributed by atoms with E-state index in [2.05, 4.69) is 33.0 Å². The van der Waals surface area contributed by atoms with E-state index in [1.807, 2.05) is 11.3 Å². The van der Waals surface area contributed by atoms with Crippen molar-refractivity contribution < 1.29 is 4.74 Å². The molecule has 5 heteroatoms. The Morgan fingerprint density at radius 1 is 1.30 bits per heavy atom. The standard InChI is InChI=1S/C15H23BrN2OS/c16-14-4-3-12(20-14)11-13(17)15(5-1-2-6-15)18-7-9-19-10-8-18/h3-4,13H,1-2,5-11,17H2. The molecule has 1 unspecified atom stereocenters. The molecule has 20 heavy (non-hydrogen) atoms. The number of rotatable bonds is 4. The Morgan fingerprint density at radius 2 is 2.00 bits per heavy atom. The van der Waals surface area contributed by atoms with Crippen LogP contribution in [0.3, 0.4) is 0 Å². The van der Waals surface area contributed by atoms with Gasteiger partial charge < -0.3 is 10.5 Å². The highest BCUT2D eigenvalue weighted by Gasteiger charge is 2.44. The van der Waals surface area contributed by atoms with Gasteiger partial charge in [0.2, 0.25) is 0 Å². The van der Waals surface area contributed by atoms with Crippen LogP contribution in [-0.2, 0) is 11.2 Å². The average molecular weight is 359 g/mol. The van der Waals surface area contributed by atoms with Crippen molar-refractivity contribution in [1.29, 1.82) is 0 Å². The Labute approximate surface area is 133 Å². The lowest BCUT2D eigenvalue weighted by molar-refractivity contribution is -0.0305. The van der Waals surface area contributed by atoms with E-state index in [0.29, 0.717) is 0 Å². The second-order valence-electron chi connectivity index (χ2n) is 5.93. The number of nitrogens with zero attached hydrogens (tertiary/aromatic N) is 1. The monoisotopic (exact) mass is 358 g/mol. The largest absolute Gasteiger partial charge is 0.379 e. The Morgan fingerprint density at radius 3 is 2.60 bits per heavy atom. The average Bonchev–Trinajstić information content (AvgIpc) is 3.10. The van der Waals surface area contributed by atoms with Crippen molar-refractivity contribution in [3.05, 3.63) is 20.8 Å². The van der Waals surface area contributed by atoms with Crippen molar-refractivity contribution in [3.8, 4) is 0 Å². The molecule has 0 bridgehead atoms. The molecule has 1 aliphatic heterocycles. The highest BCUT2D eigenvalue weighted by Crippen LogP contribution is 2.39. The zero-order chi connectivity index (χ0) is 14.0. The van der Waals surface area contributed by atoms with Gasteiger partial charge in [0.1, 0.15) is 0 Å². The molecule has 0 radical (unpaired) electrons. The number of halogens is 1. The van der Waals surface area contributed by atoms with Gasteiger partial charge in [0.05, 0.1) is 17.0 Å². The van der Waals surface area contributed by atoms with Gasteiger partial charge in [-0.1, -0.05) is 12.8 Å². The Hall–Kier alpha value is 0.0600. The minimum absolute atomic E-state index is 0.209. The van der Waals surface area contributed by atoms with Crippen molar-refractivity contribution in [3.63, 3.8) is 0 Å². The molecular formula is C15H23BrN2OS. The fourth-order valence-electron chi connectivity index (χ4n) is 3.79. The molecule has 3 nitrogen and oxygen atoms in total. The van der Waals surface area contributed by atoms with Gasteiger partial charge in [0.15, 0.2) is 0 Å². The molecule has 1 aliphatic carbocycles. The molecular weight excluding hydrogens is 336 g/mol. The maximum Gasteiger partial charge on any atom is 0.0701 e. The van der Waals surface area contributed by atoms with Crippen LogP contribution in [0.15, 0.2) is 15.9 Å². The van der Waals surface area contributed by atoms with E-state index in [1.165, 1.54) is 34.3 Å². The van der Waals surface area contributed by atoms with E-state index in [1.54, 1.807) is 0 Å². The van der Waals surface area contributed by atoms with E-state index in [0.717, 1.165) is 32.7 Å². The fraction of sp³-hybridized carbons (Fsp3) is 0.733. The van der Waals surface area contributed by atoms with E-state index in [4.69, 9.17) is 10.5 Å². The number of hydrogen-bond donors (Lipinski definition) is 1. The predicted octanol–water partition coefficient (Wildman–Crippen LogP) is 3.03. The van der Waals surface area contributed by atoms with Crippen LogP contribution in [0.2, 0.25) is 0 Å². The van der Waals surface area contributed by atoms with Gasteiger partial charge in [-0.15, -0.1) is 11.3 Å². The van der Waals surface area contributed by atoms with Gasteiger partial charge in [-0.3, -0.25) is 4.90 Å². The van der Waals surface area contributed by atoms with Gasteiger partial charge in [-0.25, -0.2) is 0 Å². The molecule has 0 aromatic carbocycles. The summed E-state index contributed by atoms with van der Waals surface area (Å²) >= 11 is 5.36. The van der Waals surface area contributed by atoms with Crippen LogP contribution >= 0.6 is 27.3 Å². The molecule has 0 amide bonds. The van der Waals surface area contributed by atoms with Gasteiger partial charge >= 0.3 is 0 Å². The summed E-state index contributed by atoms with van der Waals surface area (Å²) in [7, 11) is 0. The molecule has 1 saturated carbocycles. The Balaban J connectivity index is 1.75. The van der Waals surface area contributed by atoms with Crippen molar-refractivity contribution in [2.45, 2.75) is 43.7 Å². The summed E-state index contributed by atoms with van der Waals surface area (Å²) < 4.78 is 6.72. The summed E-state index contributed by atoms with van der Waals surface area (Å²) in [5.74, 6) is 0. The second-order valence-corrected chi connectivity index (χ2v) is 8.47. The number of nitrogens with two attached hydrogens (primary N) is 1. The summed E-state index contributed by atoms with van der Waals surface area (Å²) in [5.41, 5.74) is 6.90. The summed E-state index contributed by atoms with van der Waals surface area (Å²) in [5, 5.41) is 0. The summed E-state index contributed by atoms with van der Waals surface area (Å²) in [6.45, 7) is 3.81. The second kappa shape index (κ2) is 6.44. The van der Waals surface area contributed by atoms with Crippen molar-refractivity contribution in [2.75, 3.05) is 26.3 Å². The van der Waals surface area contributed by atoms with E-state index < -0.39 is 0 Å². The van der Waals surface area contributed by atoms with Crippen LogP contribution < -0.4 is 5.73 Å². The molecule has 2 heterocycles. The molecule has 2 fully saturated rings. The Kier molecular flexibility index (Phi) is 4.82. The van der Waals surface area contributed by atoms with Crippen LogP contribution in [0.4, 0.5) is 0 Å². The normalized spacial score (nSPS) is 24.9. The zero-order valence-electron chi connectivity index (χ0n) is 11.8. The summed E-state index contributed by atoms with van der Waals surface area (Å²) in [4.78, 5) is 4.01. The lowest BCUT2D eigenvalue weighted by Gasteiger charge is -2.47. The van der Waals surface area contributed by atoms with Crippen LogP contribution in [0.1, 0.15) is 30.6 Å². The van der Waals surface area contributed by atoms with Crippen LogP contribution in [0.25, 0.3) is 0 Å². The molecule has 0 spiro atoms. The van der Waals surface area contributed by atoms with Gasteiger partial charge in [-0.2, -0.15) is 0 Å². The Bertz CT molecular complexity index is 439. The molecule has 1 aromatic heterocycles. The van der Waals surface area contributed by atoms with Crippen LogP contribution in [0.5, 0.6) is 0 Å². The maximum atomic E-state index is 6.69. The van der Waals surface area contributed by atoms with Gasteiger partial charge in [0, 0.05) is 29.5 Å². The fourth-order valence-corrected chi connectivity index (χ4v) is 5.33. The highest BCUT2D eigenvalue weighted by molar-refractivity contribution is 9.11. The van der Waals surface area contributed by atoms with E-state index >= 15 is 0 Å². The number of thiophene rings is 1. The third kappa shape index (κ3) is 2.97. The van der Waals surface area contributed by atoms with Gasteiger partial charge in [-0.05, 0) is 47.3 Å². The highest BCUT2D eigenvalue weighted by atomic mass is 79.9. The minimum Gasteiger partial charge on any atom is -0.379 e. The molecule has 1 atom stereocenters. The van der Waals surface area contributed by atoms with Crippen molar-refractivity contribution >= 4 is 27.3 Å². The smallest absolute Gasteiger partial charge is 0.0701 e. The number of ether oxygens (including phenoxy) is 1. The number of morpholine rings is 1. The maximum absolute atomic E-state index is 6.69. The molecule has 1 saturated heterocycles. The lowest BCUT2D eigenvalue weighted by atomic mass is 9.84. The topological polar surface area (TPSA) is 38.5 Å². The molecule has 2 N–H and O–H groups in total. The summed E-state index contributed by atoms with van der Waals surface area (Å²) in [6, 6.07) is 4.56. The predicted molar refractivity (Wildman–Crippen MR) is 87.3 cm³/mol. The SMILES string of the molecule is NC(Cc1ccc(Br)s1)C1(N2CCOCC2)CCCC1. The molecule has 1 aromatic rings. The lowest BCUT2D eigenvalue weighted by Crippen LogP contribution is -2.61. The van der Waals surface area contributed by atoms with E-state index in [-0.39, 0.29) is 11.6 Å². The minimum atomic E-state index is 0.209. The van der Waals surface area contributed by atoms with Gasteiger partial charge in [0.25, 0.3) is 0 Å². The first kappa shape index (κ1) is 15.0. The first-order valence-corrected chi connectivity index (χ1v) is 9.14. The van der Waals surface area contributed by atoms with Crippen molar-refractivity contribution in [2.24, 2.45) is 5.73 Å². The summed E-state index contributed by atoms with van der Waals surface area (Å²) in [6.07, 6.45) is 6.13. The van der Waals surface area contributed by atoms with Crippen LogP contribution in [-0.4, -0.2) is 42.8 Å².